The van der Waals surface area contributed by atoms with Crippen molar-refractivity contribution < 1.29 is 9.90 Å². The van der Waals surface area contributed by atoms with Gasteiger partial charge in [0, 0.05) is 13.1 Å². The third-order valence-corrected chi connectivity index (χ3v) is 3.94. The Morgan fingerprint density at radius 2 is 2.21 bits per heavy atom. The van der Waals surface area contributed by atoms with Gasteiger partial charge >= 0.3 is 5.97 Å². The highest BCUT2D eigenvalue weighted by Gasteiger charge is 2.32. The molecule has 0 aromatic heterocycles. The lowest BCUT2D eigenvalue weighted by molar-refractivity contribution is -0.144. The third kappa shape index (κ3) is 3.16. The van der Waals surface area contributed by atoms with Crippen molar-refractivity contribution >= 4 is 5.97 Å². The smallest absolute Gasteiger partial charge is 0.325 e. The third-order valence-electron chi connectivity index (χ3n) is 3.94. The predicted molar refractivity (Wildman–Crippen MR) is 76.2 cm³/mol. The van der Waals surface area contributed by atoms with Gasteiger partial charge < -0.3 is 5.11 Å². The fraction of sp³-hybridized carbons (Fsp3) is 0.562. The molecule has 1 N–H and O–H groups in total. The highest BCUT2D eigenvalue weighted by Crippen LogP contribution is 2.30. The Balaban J connectivity index is 2.20. The molecule has 1 heterocycles. The lowest BCUT2D eigenvalue weighted by atomic mass is 9.91. The average Bonchev–Trinajstić information content (AvgIpc) is 2.38. The van der Waals surface area contributed by atoms with Crippen molar-refractivity contribution in [3.05, 3.63) is 35.4 Å². The standard InChI is InChI=1S/C16H23NO2/c1-3-6-12(2)11-17-10-9-13-7-4-5-8-14(13)15(17)16(18)19/h4-5,7-8,12,15H,3,6,9-11H2,1-2H3,(H,18,19). The molecule has 1 aliphatic rings. The molecule has 3 nitrogen and oxygen atoms in total. The molecule has 1 aliphatic heterocycles. The van der Waals surface area contributed by atoms with Crippen molar-refractivity contribution in [2.24, 2.45) is 5.92 Å². The number of rotatable bonds is 5. The summed E-state index contributed by atoms with van der Waals surface area (Å²) in [4.78, 5) is 13.8. The second-order valence-corrected chi connectivity index (χ2v) is 5.58. The van der Waals surface area contributed by atoms with Crippen LogP contribution in [0.2, 0.25) is 0 Å². The molecule has 1 aromatic rings. The molecule has 0 amide bonds. The van der Waals surface area contributed by atoms with Crippen LogP contribution in [0.25, 0.3) is 0 Å². The first-order chi connectivity index (χ1) is 9.13. The fourth-order valence-corrected chi connectivity index (χ4v) is 3.09. The highest BCUT2D eigenvalue weighted by molar-refractivity contribution is 5.76. The van der Waals surface area contributed by atoms with Crippen molar-refractivity contribution in [3.63, 3.8) is 0 Å². The summed E-state index contributed by atoms with van der Waals surface area (Å²) in [6.45, 7) is 6.11. The quantitative estimate of drug-likeness (QED) is 0.885. The Bertz CT molecular complexity index is 444. The van der Waals surface area contributed by atoms with Gasteiger partial charge in [0.1, 0.15) is 6.04 Å². The van der Waals surface area contributed by atoms with Crippen LogP contribution >= 0.6 is 0 Å². The Morgan fingerprint density at radius 1 is 1.47 bits per heavy atom. The second kappa shape index (κ2) is 6.20. The van der Waals surface area contributed by atoms with Gasteiger partial charge in [0.25, 0.3) is 0 Å². The van der Waals surface area contributed by atoms with Crippen LogP contribution in [0, 0.1) is 5.92 Å². The number of carboxylic acids is 1. The number of benzene rings is 1. The van der Waals surface area contributed by atoms with E-state index in [1.165, 1.54) is 5.56 Å². The summed E-state index contributed by atoms with van der Waals surface area (Å²) in [6, 6.07) is 7.48. The van der Waals surface area contributed by atoms with Gasteiger partial charge in [-0.3, -0.25) is 9.69 Å². The molecule has 104 valence electrons. The highest BCUT2D eigenvalue weighted by atomic mass is 16.4. The summed E-state index contributed by atoms with van der Waals surface area (Å²) in [5.41, 5.74) is 2.17. The van der Waals surface area contributed by atoms with E-state index in [0.717, 1.165) is 37.9 Å². The first-order valence-corrected chi connectivity index (χ1v) is 7.18. The summed E-state index contributed by atoms with van der Waals surface area (Å²) in [5, 5.41) is 9.56. The van der Waals surface area contributed by atoms with E-state index in [-0.39, 0.29) is 0 Å². The van der Waals surface area contributed by atoms with Crippen LogP contribution in [-0.4, -0.2) is 29.1 Å². The van der Waals surface area contributed by atoms with Crippen molar-refractivity contribution in [3.8, 4) is 0 Å². The van der Waals surface area contributed by atoms with Crippen LogP contribution in [0.5, 0.6) is 0 Å². The molecule has 2 rings (SSSR count). The van der Waals surface area contributed by atoms with Gasteiger partial charge in [-0.15, -0.1) is 0 Å². The van der Waals surface area contributed by atoms with Crippen LogP contribution in [0.3, 0.4) is 0 Å². The number of hydrogen-bond acceptors (Lipinski definition) is 2. The molecule has 0 spiro atoms. The molecule has 0 aliphatic carbocycles. The first-order valence-electron chi connectivity index (χ1n) is 7.18. The Hall–Kier alpha value is -1.35. The van der Waals surface area contributed by atoms with Gasteiger partial charge in [-0.2, -0.15) is 0 Å². The van der Waals surface area contributed by atoms with Gasteiger partial charge in [-0.1, -0.05) is 44.5 Å². The van der Waals surface area contributed by atoms with Crippen LogP contribution in [-0.2, 0) is 11.2 Å². The van der Waals surface area contributed by atoms with E-state index >= 15 is 0 Å². The van der Waals surface area contributed by atoms with Gasteiger partial charge in [-0.25, -0.2) is 0 Å². The molecule has 19 heavy (non-hydrogen) atoms. The summed E-state index contributed by atoms with van der Waals surface area (Å²) in [7, 11) is 0. The fourth-order valence-electron chi connectivity index (χ4n) is 3.09. The van der Waals surface area contributed by atoms with Crippen molar-refractivity contribution in [2.75, 3.05) is 13.1 Å². The van der Waals surface area contributed by atoms with Crippen LogP contribution in [0.1, 0.15) is 43.9 Å². The van der Waals surface area contributed by atoms with E-state index in [1.54, 1.807) is 0 Å². The topological polar surface area (TPSA) is 40.5 Å². The van der Waals surface area contributed by atoms with E-state index < -0.39 is 12.0 Å². The zero-order chi connectivity index (χ0) is 13.8. The minimum absolute atomic E-state index is 0.468. The summed E-state index contributed by atoms with van der Waals surface area (Å²) < 4.78 is 0. The van der Waals surface area contributed by atoms with Crippen LogP contribution in [0.4, 0.5) is 0 Å². The molecule has 0 saturated carbocycles. The summed E-state index contributed by atoms with van der Waals surface area (Å²) >= 11 is 0. The Labute approximate surface area is 115 Å². The number of nitrogens with zero attached hydrogens (tertiary/aromatic N) is 1. The molecule has 0 bridgehead atoms. The van der Waals surface area contributed by atoms with Crippen molar-refractivity contribution in [1.82, 2.24) is 4.90 Å². The average molecular weight is 261 g/mol. The maximum Gasteiger partial charge on any atom is 0.325 e. The maximum absolute atomic E-state index is 11.6. The minimum atomic E-state index is -0.726. The van der Waals surface area contributed by atoms with Gasteiger partial charge in [0.05, 0.1) is 0 Å². The van der Waals surface area contributed by atoms with Gasteiger partial charge in [0.15, 0.2) is 0 Å². The molecule has 2 atom stereocenters. The van der Waals surface area contributed by atoms with Crippen molar-refractivity contribution in [1.29, 1.82) is 0 Å². The normalized spacial score (nSPS) is 20.8. The predicted octanol–water partition coefficient (Wildman–Crippen LogP) is 3.11. The van der Waals surface area contributed by atoms with E-state index in [9.17, 15) is 9.90 Å². The monoisotopic (exact) mass is 261 g/mol. The summed E-state index contributed by atoms with van der Waals surface area (Å²) in [6.07, 6.45) is 3.27. The molecule has 0 fully saturated rings. The molecule has 3 heteroatoms. The van der Waals surface area contributed by atoms with Crippen molar-refractivity contribution in [2.45, 2.75) is 39.2 Å². The Kier molecular flexibility index (Phi) is 4.59. The second-order valence-electron chi connectivity index (χ2n) is 5.58. The Morgan fingerprint density at radius 3 is 2.89 bits per heavy atom. The number of carbonyl (C=O) groups is 1. The molecule has 0 saturated heterocycles. The number of fused-ring (bicyclic) bond motifs is 1. The molecular formula is C16H23NO2. The van der Waals surface area contributed by atoms with E-state index in [0.29, 0.717) is 5.92 Å². The maximum atomic E-state index is 11.6. The van der Waals surface area contributed by atoms with E-state index in [1.807, 2.05) is 18.2 Å². The van der Waals surface area contributed by atoms with Crippen LogP contribution in [0.15, 0.2) is 24.3 Å². The molecular weight excluding hydrogens is 238 g/mol. The largest absolute Gasteiger partial charge is 0.480 e. The lowest BCUT2D eigenvalue weighted by Gasteiger charge is -2.36. The summed E-state index contributed by atoms with van der Waals surface area (Å²) in [5.74, 6) is -0.173. The zero-order valence-electron chi connectivity index (χ0n) is 11.8. The SMILES string of the molecule is CCCC(C)CN1CCc2ccccc2C1C(=O)O. The van der Waals surface area contributed by atoms with Gasteiger partial charge in [0.2, 0.25) is 0 Å². The first kappa shape index (κ1) is 14.1. The number of carboxylic acid groups (broad SMARTS) is 1. The zero-order valence-corrected chi connectivity index (χ0v) is 11.8. The van der Waals surface area contributed by atoms with Crippen LogP contribution < -0.4 is 0 Å². The van der Waals surface area contributed by atoms with E-state index in [2.05, 4.69) is 24.8 Å². The number of hydrogen-bond donors (Lipinski definition) is 1. The van der Waals surface area contributed by atoms with Gasteiger partial charge in [-0.05, 0) is 29.9 Å². The van der Waals surface area contributed by atoms with E-state index in [4.69, 9.17) is 0 Å². The molecule has 0 radical (unpaired) electrons. The molecule has 1 aromatic carbocycles. The molecule has 2 unspecified atom stereocenters. The number of aliphatic carboxylic acids is 1. The minimum Gasteiger partial charge on any atom is -0.480 e. The lowest BCUT2D eigenvalue weighted by Crippen LogP contribution is -2.41.